The van der Waals surface area contributed by atoms with Gasteiger partial charge in [-0.2, -0.15) is 0 Å². The minimum absolute atomic E-state index is 0.643. The Morgan fingerprint density at radius 3 is 2.16 bits per heavy atom. The van der Waals surface area contributed by atoms with Gasteiger partial charge in [0.05, 0.1) is 11.1 Å². The van der Waals surface area contributed by atoms with Gasteiger partial charge >= 0.3 is 5.97 Å². The van der Waals surface area contributed by atoms with Crippen LogP contribution >= 0.6 is 0 Å². The van der Waals surface area contributed by atoms with Gasteiger partial charge in [0.2, 0.25) is 0 Å². The van der Waals surface area contributed by atoms with Crippen molar-refractivity contribution in [2.75, 3.05) is 5.32 Å². The molecular weight excluding hydrogens is 474 g/mol. The Morgan fingerprint density at radius 1 is 0.842 bits per heavy atom. The Balaban J connectivity index is 1.24. The molecule has 0 atom stereocenters. The summed E-state index contributed by atoms with van der Waals surface area (Å²) in [5.74, 6) is 0.616. The van der Waals surface area contributed by atoms with Crippen molar-refractivity contribution in [3.05, 3.63) is 108 Å². The number of hydrogen-bond donors (Lipinski definition) is 2. The molecule has 1 aliphatic rings. The minimum atomic E-state index is -0.738. The lowest BCUT2D eigenvalue weighted by Crippen LogP contribution is -2.19. The zero-order chi connectivity index (χ0) is 26.3. The van der Waals surface area contributed by atoms with Gasteiger partial charge in [0, 0.05) is 11.1 Å². The van der Waals surface area contributed by atoms with E-state index in [1.165, 1.54) is 5.56 Å². The first-order valence-corrected chi connectivity index (χ1v) is 12.7. The van der Waals surface area contributed by atoms with Crippen LogP contribution in [-0.4, -0.2) is 21.2 Å². The van der Waals surface area contributed by atoms with Crippen molar-refractivity contribution in [3.63, 3.8) is 0 Å². The van der Waals surface area contributed by atoms with Crippen molar-refractivity contribution < 1.29 is 14.4 Å². The molecule has 6 heteroatoms. The van der Waals surface area contributed by atoms with Gasteiger partial charge in [-0.1, -0.05) is 83.5 Å². The monoisotopic (exact) mass is 501 g/mol. The molecule has 0 amide bonds. The van der Waals surface area contributed by atoms with E-state index in [1.54, 1.807) is 0 Å². The summed E-state index contributed by atoms with van der Waals surface area (Å²) in [6.45, 7) is 3.97. The molecule has 1 aliphatic carbocycles. The van der Waals surface area contributed by atoms with Crippen LogP contribution in [0, 0.1) is 13.8 Å². The summed E-state index contributed by atoms with van der Waals surface area (Å²) in [5.41, 5.74) is 7.81. The summed E-state index contributed by atoms with van der Waals surface area (Å²) < 4.78 is 5.72. The van der Waals surface area contributed by atoms with Crippen LogP contribution in [0.25, 0.3) is 33.7 Å². The molecule has 0 saturated heterocycles. The Kier molecular flexibility index (Phi) is 5.80. The lowest BCUT2D eigenvalue weighted by Gasteiger charge is -2.11. The Labute approximate surface area is 221 Å². The van der Waals surface area contributed by atoms with Crippen molar-refractivity contribution in [1.29, 1.82) is 0 Å². The third-order valence-electron chi connectivity index (χ3n) is 7.26. The van der Waals surface area contributed by atoms with Crippen molar-refractivity contribution in [3.8, 4) is 33.7 Å². The molecule has 6 nitrogen and oxygen atoms in total. The molecule has 5 aromatic rings. The number of aryl methyl sites for hydroxylation is 2. The van der Waals surface area contributed by atoms with Crippen molar-refractivity contribution >= 4 is 17.5 Å². The second-order valence-electron chi connectivity index (χ2n) is 9.92. The Bertz CT molecular complexity index is 1630. The Hall–Kier alpha value is -4.71. The van der Waals surface area contributed by atoms with E-state index in [4.69, 9.17) is 9.51 Å². The number of carbonyl (C=O) groups is 1. The van der Waals surface area contributed by atoms with Gasteiger partial charge in [0.1, 0.15) is 17.2 Å². The van der Waals surface area contributed by atoms with E-state index in [2.05, 4.69) is 35.6 Å². The first-order chi connectivity index (χ1) is 18.4. The van der Waals surface area contributed by atoms with Crippen LogP contribution in [0.5, 0.6) is 0 Å². The predicted octanol–water partition coefficient (Wildman–Crippen LogP) is 7.55. The summed E-state index contributed by atoms with van der Waals surface area (Å²) in [5, 5.41) is 17.2. The van der Waals surface area contributed by atoms with Crippen LogP contribution in [0.3, 0.4) is 0 Å². The topological polar surface area (TPSA) is 88.2 Å². The molecule has 0 aliphatic heterocycles. The van der Waals surface area contributed by atoms with Crippen molar-refractivity contribution in [2.24, 2.45) is 0 Å². The molecule has 2 aromatic heterocycles. The number of rotatable bonds is 7. The van der Waals surface area contributed by atoms with E-state index in [0.717, 1.165) is 44.9 Å². The summed E-state index contributed by atoms with van der Waals surface area (Å²) in [4.78, 5) is 16.4. The van der Waals surface area contributed by atoms with Gasteiger partial charge in [-0.15, -0.1) is 0 Å². The molecule has 3 aromatic carbocycles. The molecule has 1 fully saturated rings. The van der Waals surface area contributed by atoms with Gasteiger partial charge < -0.3 is 14.9 Å². The third kappa shape index (κ3) is 4.34. The SMILES string of the molecule is Cc1cccc(-c2cccc(Nc3c(C)noc3-c3ccc(-c4ccc(C5(C(=O)O)CC5)cc4)cc3)n2)c1. The molecule has 0 spiro atoms. The van der Waals surface area contributed by atoms with Gasteiger partial charge in [0.25, 0.3) is 0 Å². The highest BCUT2D eigenvalue weighted by Gasteiger charge is 2.51. The number of aromatic nitrogens is 2. The number of aliphatic carboxylic acids is 1. The maximum absolute atomic E-state index is 11.6. The Morgan fingerprint density at radius 2 is 1.50 bits per heavy atom. The quantitative estimate of drug-likeness (QED) is 0.239. The molecule has 38 heavy (non-hydrogen) atoms. The standard InChI is InChI=1S/C32H27N3O3/c1-20-5-3-6-25(19-20)27-7-4-8-28(33-27)34-29-21(2)35-38-30(29)24-11-9-22(10-12-24)23-13-15-26(16-14-23)32(17-18-32)31(36)37/h3-16,19H,17-18H2,1-2H3,(H,33,34)(H,36,37). The van der Waals surface area contributed by atoms with Crippen LogP contribution in [0.1, 0.15) is 29.7 Å². The number of carboxylic acids is 1. The fourth-order valence-corrected chi connectivity index (χ4v) is 4.86. The molecule has 2 N–H and O–H groups in total. The smallest absolute Gasteiger partial charge is 0.314 e. The minimum Gasteiger partial charge on any atom is -0.481 e. The maximum Gasteiger partial charge on any atom is 0.314 e. The molecule has 2 heterocycles. The van der Waals surface area contributed by atoms with E-state index < -0.39 is 11.4 Å². The second kappa shape index (κ2) is 9.30. The highest BCUT2D eigenvalue weighted by Crippen LogP contribution is 2.48. The van der Waals surface area contributed by atoms with Crippen LogP contribution in [-0.2, 0) is 10.2 Å². The zero-order valence-electron chi connectivity index (χ0n) is 21.2. The predicted molar refractivity (Wildman–Crippen MR) is 148 cm³/mol. The number of anilines is 2. The maximum atomic E-state index is 11.6. The van der Waals surface area contributed by atoms with Crippen molar-refractivity contribution in [1.82, 2.24) is 10.1 Å². The highest BCUT2D eigenvalue weighted by molar-refractivity contribution is 5.85. The van der Waals surface area contributed by atoms with Crippen molar-refractivity contribution in [2.45, 2.75) is 32.1 Å². The zero-order valence-corrected chi connectivity index (χ0v) is 21.2. The van der Waals surface area contributed by atoms with E-state index in [1.807, 2.05) is 79.7 Å². The van der Waals surface area contributed by atoms with Gasteiger partial charge in [-0.3, -0.25) is 4.79 Å². The first-order valence-electron chi connectivity index (χ1n) is 12.7. The lowest BCUT2D eigenvalue weighted by atomic mass is 9.93. The van der Waals surface area contributed by atoms with E-state index in [9.17, 15) is 9.90 Å². The van der Waals surface area contributed by atoms with E-state index in [-0.39, 0.29) is 0 Å². The fraction of sp³-hybridized carbons (Fsp3) is 0.156. The molecule has 1 saturated carbocycles. The number of nitrogens with zero attached hydrogens (tertiary/aromatic N) is 2. The van der Waals surface area contributed by atoms with Gasteiger partial charge in [-0.25, -0.2) is 4.98 Å². The number of benzene rings is 3. The largest absolute Gasteiger partial charge is 0.481 e. The van der Waals surface area contributed by atoms with Crippen LogP contribution in [0.2, 0.25) is 0 Å². The second-order valence-corrected chi connectivity index (χ2v) is 9.92. The highest BCUT2D eigenvalue weighted by atomic mass is 16.5. The van der Waals surface area contributed by atoms with E-state index >= 15 is 0 Å². The molecule has 188 valence electrons. The normalized spacial score (nSPS) is 13.7. The average Bonchev–Trinajstić information content (AvgIpc) is 3.68. The first kappa shape index (κ1) is 23.7. The van der Waals surface area contributed by atoms with Crippen LogP contribution in [0.15, 0.2) is 95.5 Å². The fourth-order valence-electron chi connectivity index (χ4n) is 4.86. The number of carboxylic acid groups (broad SMARTS) is 1. The van der Waals surface area contributed by atoms with E-state index in [0.29, 0.717) is 24.4 Å². The van der Waals surface area contributed by atoms with Gasteiger partial charge in [-0.05, 0) is 61.6 Å². The van der Waals surface area contributed by atoms with Crippen LogP contribution in [0.4, 0.5) is 11.5 Å². The number of pyridine rings is 1. The summed E-state index contributed by atoms with van der Waals surface area (Å²) in [6.07, 6.45) is 1.41. The van der Waals surface area contributed by atoms with Crippen LogP contribution < -0.4 is 5.32 Å². The molecule has 0 bridgehead atoms. The summed E-state index contributed by atoms with van der Waals surface area (Å²) >= 11 is 0. The van der Waals surface area contributed by atoms with Gasteiger partial charge in [0.15, 0.2) is 5.76 Å². The molecule has 0 radical (unpaired) electrons. The molecular formula is C32H27N3O3. The lowest BCUT2D eigenvalue weighted by molar-refractivity contribution is -0.140. The average molecular weight is 502 g/mol. The summed E-state index contributed by atoms with van der Waals surface area (Å²) in [6, 6.07) is 30.1. The number of nitrogens with one attached hydrogen (secondary N) is 1. The third-order valence-corrected chi connectivity index (χ3v) is 7.26. The molecule has 6 rings (SSSR count). The number of hydrogen-bond acceptors (Lipinski definition) is 5. The summed E-state index contributed by atoms with van der Waals surface area (Å²) in [7, 11) is 0. The molecule has 0 unspecified atom stereocenters.